The minimum Gasteiger partial charge on any atom is -0.451 e. The number of aromatic nitrogens is 3. The minimum absolute atomic E-state index is 0.225. The van der Waals surface area contributed by atoms with Crippen LogP contribution in [0.5, 0.6) is 0 Å². The summed E-state index contributed by atoms with van der Waals surface area (Å²) >= 11 is 0. The Hall–Kier alpha value is -3.42. The van der Waals surface area contributed by atoms with E-state index in [-0.39, 0.29) is 5.89 Å². The van der Waals surface area contributed by atoms with Gasteiger partial charge in [0.1, 0.15) is 6.26 Å². The molecule has 4 aromatic rings. The van der Waals surface area contributed by atoms with Gasteiger partial charge in [-0.3, -0.25) is 0 Å². The van der Waals surface area contributed by atoms with E-state index in [0.29, 0.717) is 23.6 Å². The number of nitrogens with zero attached hydrogens (tertiary/aromatic N) is 3. The van der Waals surface area contributed by atoms with Crippen molar-refractivity contribution in [1.29, 1.82) is 0 Å². The lowest BCUT2D eigenvalue weighted by Crippen LogP contribution is -2.04. The first-order valence-corrected chi connectivity index (χ1v) is 7.97. The van der Waals surface area contributed by atoms with Gasteiger partial charge in [0.25, 0.3) is 5.89 Å². The summed E-state index contributed by atoms with van der Waals surface area (Å²) in [5, 5.41) is 8.00. The summed E-state index contributed by atoms with van der Waals surface area (Å²) in [7, 11) is 0. The molecule has 2 aromatic carbocycles. The van der Waals surface area contributed by atoms with Crippen LogP contribution in [0.1, 0.15) is 16.7 Å². The van der Waals surface area contributed by atoms with Crippen LogP contribution in [0, 0.1) is 0 Å². The van der Waals surface area contributed by atoms with E-state index >= 15 is 0 Å². The first-order chi connectivity index (χ1) is 13.0. The molecular formula is C19H12F3N3O2. The molecule has 0 aliphatic heterocycles. The molecular weight excluding hydrogens is 359 g/mol. The number of hydrogen-bond acceptors (Lipinski definition) is 5. The average Bonchev–Trinajstić information content (AvgIpc) is 3.34. The van der Waals surface area contributed by atoms with Crippen molar-refractivity contribution in [2.45, 2.75) is 12.6 Å². The first kappa shape index (κ1) is 17.0. The average molecular weight is 371 g/mol. The zero-order valence-electron chi connectivity index (χ0n) is 13.8. The number of oxazole rings is 1. The highest BCUT2D eigenvalue weighted by atomic mass is 19.4. The van der Waals surface area contributed by atoms with Crippen LogP contribution in [0.3, 0.4) is 0 Å². The molecule has 0 bridgehead atoms. The zero-order chi connectivity index (χ0) is 18.9. The second-order valence-electron chi connectivity index (χ2n) is 5.81. The van der Waals surface area contributed by atoms with Crippen molar-refractivity contribution in [3.8, 4) is 23.0 Å². The molecule has 4 rings (SSSR count). The van der Waals surface area contributed by atoms with Crippen molar-refractivity contribution in [3.63, 3.8) is 0 Å². The van der Waals surface area contributed by atoms with E-state index < -0.39 is 11.7 Å². The second kappa shape index (κ2) is 6.71. The topological polar surface area (TPSA) is 65.0 Å². The highest BCUT2D eigenvalue weighted by Gasteiger charge is 2.29. The van der Waals surface area contributed by atoms with E-state index in [9.17, 15) is 13.2 Å². The van der Waals surface area contributed by atoms with E-state index in [2.05, 4.69) is 15.2 Å². The summed E-state index contributed by atoms with van der Waals surface area (Å²) in [5.41, 5.74) is 2.06. The molecule has 27 heavy (non-hydrogen) atoms. The summed E-state index contributed by atoms with van der Waals surface area (Å²) in [4.78, 5) is 3.96. The highest BCUT2D eigenvalue weighted by molar-refractivity contribution is 5.60. The number of alkyl halides is 3. The van der Waals surface area contributed by atoms with Crippen molar-refractivity contribution >= 4 is 0 Å². The van der Waals surface area contributed by atoms with Crippen LogP contribution >= 0.6 is 0 Å². The Balaban J connectivity index is 1.62. The predicted molar refractivity (Wildman–Crippen MR) is 89.5 cm³/mol. The molecule has 136 valence electrons. The lowest BCUT2D eigenvalue weighted by molar-refractivity contribution is -0.137. The Morgan fingerprint density at radius 2 is 1.63 bits per heavy atom. The molecule has 0 amide bonds. The molecule has 0 aliphatic rings. The largest absolute Gasteiger partial charge is 0.451 e. The van der Waals surface area contributed by atoms with E-state index in [4.69, 9.17) is 8.83 Å². The Labute approximate surface area is 151 Å². The van der Waals surface area contributed by atoms with Gasteiger partial charge in [0.15, 0.2) is 12.1 Å². The fraction of sp³-hybridized carbons (Fsp3) is 0.105. The predicted octanol–water partition coefficient (Wildman–Crippen LogP) is 5.00. The summed E-state index contributed by atoms with van der Waals surface area (Å²) < 4.78 is 48.7. The molecule has 5 nitrogen and oxygen atoms in total. The summed E-state index contributed by atoms with van der Waals surface area (Å²) in [6.45, 7) is 0. The molecule has 0 N–H and O–H groups in total. The van der Waals surface area contributed by atoms with E-state index in [0.717, 1.165) is 23.3 Å². The van der Waals surface area contributed by atoms with Crippen LogP contribution in [0.4, 0.5) is 13.2 Å². The molecule has 0 radical (unpaired) electrons. The first-order valence-electron chi connectivity index (χ1n) is 7.97. The fourth-order valence-electron chi connectivity index (χ4n) is 2.67. The van der Waals surface area contributed by atoms with Gasteiger partial charge in [-0.15, -0.1) is 10.2 Å². The third-order valence-corrected chi connectivity index (χ3v) is 4.00. The normalized spacial score (nSPS) is 11.7. The molecule has 2 heterocycles. The van der Waals surface area contributed by atoms with Gasteiger partial charge in [-0.05, 0) is 35.7 Å². The molecule has 0 atom stereocenters. The van der Waals surface area contributed by atoms with E-state index in [1.165, 1.54) is 24.8 Å². The third-order valence-electron chi connectivity index (χ3n) is 4.00. The lowest BCUT2D eigenvalue weighted by atomic mass is 9.99. The van der Waals surface area contributed by atoms with Crippen LogP contribution < -0.4 is 0 Å². The van der Waals surface area contributed by atoms with Crippen LogP contribution in [-0.2, 0) is 12.6 Å². The van der Waals surface area contributed by atoms with Crippen molar-refractivity contribution in [2.24, 2.45) is 0 Å². The molecule has 2 aromatic heterocycles. The van der Waals surface area contributed by atoms with Crippen molar-refractivity contribution < 1.29 is 22.0 Å². The van der Waals surface area contributed by atoms with Gasteiger partial charge in [-0.25, -0.2) is 4.98 Å². The Kier molecular flexibility index (Phi) is 4.23. The number of rotatable bonds is 4. The molecule has 8 heteroatoms. The maximum atomic E-state index is 12.7. The minimum atomic E-state index is -4.35. The van der Waals surface area contributed by atoms with Gasteiger partial charge < -0.3 is 8.83 Å². The number of benzene rings is 2. The lowest BCUT2D eigenvalue weighted by Gasteiger charge is -2.09. The number of halogens is 3. The van der Waals surface area contributed by atoms with Crippen molar-refractivity contribution in [3.05, 3.63) is 77.9 Å². The molecule has 0 spiro atoms. The van der Waals surface area contributed by atoms with Gasteiger partial charge in [0.2, 0.25) is 5.89 Å². The molecule has 0 fully saturated rings. The molecule has 0 unspecified atom stereocenters. The second-order valence-corrected chi connectivity index (χ2v) is 5.81. The highest BCUT2D eigenvalue weighted by Crippen LogP contribution is 2.30. The SMILES string of the molecule is FC(F)(F)c1ccc(Cc2ccccc2-c2nnc(-c3cocn3)o2)cc1. The van der Waals surface area contributed by atoms with Crippen LogP contribution in [0.2, 0.25) is 0 Å². The third kappa shape index (κ3) is 3.59. The Morgan fingerprint density at radius 1 is 0.889 bits per heavy atom. The van der Waals surface area contributed by atoms with E-state index in [1.54, 1.807) is 0 Å². The summed E-state index contributed by atoms with van der Waals surface area (Å²) in [6.07, 6.45) is -1.27. The summed E-state index contributed by atoms with van der Waals surface area (Å²) in [6, 6.07) is 12.4. The maximum absolute atomic E-state index is 12.7. The van der Waals surface area contributed by atoms with Crippen LogP contribution in [0.15, 0.2) is 70.0 Å². The standard InChI is InChI=1S/C19H12F3N3O2/c20-19(21,22)14-7-5-12(6-8-14)9-13-3-1-2-4-15(13)17-24-25-18(27-17)16-10-26-11-23-16/h1-8,10-11H,9H2. The van der Waals surface area contributed by atoms with Crippen molar-refractivity contribution in [2.75, 3.05) is 0 Å². The number of hydrogen-bond donors (Lipinski definition) is 0. The van der Waals surface area contributed by atoms with Crippen molar-refractivity contribution in [1.82, 2.24) is 15.2 Å². The Morgan fingerprint density at radius 3 is 2.33 bits per heavy atom. The van der Waals surface area contributed by atoms with Gasteiger partial charge in [0.05, 0.1) is 5.56 Å². The zero-order valence-corrected chi connectivity index (χ0v) is 13.8. The van der Waals surface area contributed by atoms with Crippen LogP contribution in [-0.4, -0.2) is 15.2 Å². The quantitative estimate of drug-likeness (QED) is 0.505. The monoisotopic (exact) mass is 371 g/mol. The smallest absolute Gasteiger partial charge is 0.416 e. The van der Waals surface area contributed by atoms with Gasteiger partial charge in [-0.2, -0.15) is 13.2 Å². The molecule has 0 saturated carbocycles. The fourth-order valence-corrected chi connectivity index (χ4v) is 2.67. The summed E-state index contributed by atoms with van der Waals surface area (Å²) in [5.74, 6) is 0.526. The van der Waals surface area contributed by atoms with Gasteiger partial charge in [-0.1, -0.05) is 30.3 Å². The Bertz CT molecular complexity index is 1040. The maximum Gasteiger partial charge on any atom is 0.416 e. The molecule has 0 aliphatic carbocycles. The van der Waals surface area contributed by atoms with E-state index in [1.807, 2.05) is 24.3 Å². The van der Waals surface area contributed by atoms with Gasteiger partial charge in [0, 0.05) is 5.56 Å². The van der Waals surface area contributed by atoms with Crippen LogP contribution in [0.25, 0.3) is 23.0 Å². The van der Waals surface area contributed by atoms with Gasteiger partial charge >= 0.3 is 6.18 Å². The molecule has 0 saturated heterocycles.